The van der Waals surface area contributed by atoms with Crippen LogP contribution < -0.4 is 4.90 Å². The number of esters is 1. The molecule has 2 rings (SSSR count). The molecule has 20 heavy (non-hydrogen) atoms. The molecule has 0 saturated carbocycles. The zero-order chi connectivity index (χ0) is 14.6. The Bertz CT molecular complexity index is 462. The van der Waals surface area contributed by atoms with E-state index in [4.69, 9.17) is 0 Å². The lowest BCUT2D eigenvalue weighted by Gasteiger charge is -2.41. The van der Waals surface area contributed by atoms with E-state index in [1.165, 1.54) is 39.0 Å². The van der Waals surface area contributed by atoms with Gasteiger partial charge in [0.15, 0.2) is 5.69 Å². The SMILES string of the molecule is CCC1(CC)CCN(c2cncc(C(=O)OC)n2)CC1. The van der Waals surface area contributed by atoms with Gasteiger partial charge < -0.3 is 9.64 Å². The zero-order valence-corrected chi connectivity index (χ0v) is 12.6. The minimum Gasteiger partial charge on any atom is -0.464 e. The molecule has 1 fully saturated rings. The first-order valence-corrected chi connectivity index (χ1v) is 7.29. The van der Waals surface area contributed by atoms with Crippen LogP contribution in [0.15, 0.2) is 12.4 Å². The maximum atomic E-state index is 11.5. The third kappa shape index (κ3) is 2.92. The van der Waals surface area contributed by atoms with Crippen LogP contribution in [0.25, 0.3) is 0 Å². The Labute approximate surface area is 120 Å². The van der Waals surface area contributed by atoms with Gasteiger partial charge in [0.05, 0.1) is 19.5 Å². The summed E-state index contributed by atoms with van der Waals surface area (Å²) in [5.74, 6) is 0.335. The molecular formula is C15H23N3O2. The molecule has 0 spiro atoms. The van der Waals surface area contributed by atoms with Crippen molar-refractivity contribution in [2.75, 3.05) is 25.1 Å². The van der Waals surface area contributed by atoms with Crippen LogP contribution in [0.3, 0.4) is 0 Å². The summed E-state index contributed by atoms with van der Waals surface area (Å²) in [7, 11) is 1.36. The van der Waals surface area contributed by atoms with Gasteiger partial charge in [-0.05, 0) is 18.3 Å². The van der Waals surface area contributed by atoms with Crippen molar-refractivity contribution in [1.29, 1.82) is 0 Å². The van der Waals surface area contributed by atoms with E-state index in [-0.39, 0.29) is 5.69 Å². The minimum atomic E-state index is -0.437. The number of piperidine rings is 1. The lowest BCUT2D eigenvalue weighted by Crippen LogP contribution is -2.40. The third-order valence-electron chi connectivity index (χ3n) is 4.66. The highest BCUT2D eigenvalue weighted by Gasteiger charge is 2.31. The number of carbonyl (C=O) groups is 1. The maximum Gasteiger partial charge on any atom is 0.358 e. The topological polar surface area (TPSA) is 55.3 Å². The average Bonchev–Trinajstić information content (AvgIpc) is 2.54. The van der Waals surface area contributed by atoms with Gasteiger partial charge in [0.25, 0.3) is 0 Å². The van der Waals surface area contributed by atoms with Crippen LogP contribution in [0.4, 0.5) is 5.82 Å². The molecular weight excluding hydrogens is 254 g/mol. The Hall–Kier alpha value is -1.65. The molecule has 0 radical (unpaired) electrons. The summed E-state index contributed by atoms with van der Waals surface area (Å²) in [6.07, 6.45) is 7.96. The quantitative estimate of drug-likeness (QED) is 0.792. The van der Waals surface area contributed by atoms with Crippen LogP contribution in [0.5, 0.6) is 0 Å². The fourth-order valence-electron chi connectivity index (χ4n) is 2.88. The highest BCUT2D eigenvalue weighted by molar-refractivity contribution is 5.87. The number of carbonyl (C=O) groups excluding carboxylic acids is 1. The summed E-state index contributed by atoms with van der Waals surface area (Å²) in [5, 5.41) is 0. The monoisotopic (exact) mass is 277 g/mol. The van der Waals surface area contributed by atoms with Crippen LogP contribution in [-0.2, 0) is 4.74 Å². The predicted molar refractivity (Wildman–Crippen MR) is 77.8 cm³/mol. The molecule has 5 nitrogen and oxygen atoms in total. The molecule has 0 bridgehead atoms. The van der Waals surface area contributed by atoms with Crippen molar-refractivity contribution in [3.05, 3.63) is 18.1 Å². The Kier molecular flexibility index (Phi) is 4.57. The van der Waals surface area contributed by atoms with E-state index < -0.39 is 5.97 Å². The minimum absolute atomic E-state index is 0.271. The van der Waals surface area contributed by atoms with E-state index in [2.05, 4.69) is 33.5 Å². The van der Waals surface area contributed by atoms with Crippen LogP contribution in [-0.4, -0.2) is 36.1 Å². The first kappa shape index (κ1) is 14.8. The molecule has 1 aromatic heterocycles. The largest absolute Gasteiger partial charge is 0.464 e. The highest BCUT2D eigenvalue weighted by Crippen LogP contribution is 2.38. The molecule has 1 aliphatic heterocycles. The second-order valence-corrected chi connectivity index (χ2v) is 5.45. The van der Waals surface area contributed by atoms with Crippen LogP contribution in [0, 0.1) is 5.41 Å². The molecule has 0 N–H and O–H groups in total. The molecule has 0 atom stereocenters. The summed E-state index contributed by atoms with van der Waals surface area (Å²) in [4.78, 5) is 22.2. The van der Waals surface area contributed by atoms with E-state index >= 15 is 0 Å². The van der Waals surface area contributed by atoms with Crippen molar-refractivity contribution >= 4 is 11.8 Å². The summed E-state index contributed by atoms with van der Waals surface area (Å²) in [5.41, 5.74) is 0.747. The van der Waals surface area contributed by atoms with E-state index in [0.29, 0.717) is 5.41 Å². The van der Waals surface area contributed by atoms with Crippen molar-refractivity contribution < 1.29 is 9.53 Å². The van der Waals surface area contributed by atoms with Crippen LogP contribution in [0.2, 0.25) is 0 Å². The Morgan fingerprint density at radius 1 is 1.30 bits per heavy atom. The second-order valence-electron chi connectivity index (χ2n) is 5.45. The van der Waals surface area contributed by atoms with Crippen molar-refractivity contribution in [3.8, 4) is 0 Å². The zero-order valence-electron chi connectivity index (χ0n) is 12.6. The molecule has 5 heteroatoms. The molecule has 0 aliphatic carbocycles. The lowest BCUT2D eigenvalue weighted by molar-refractivity contribution is 0.0593. The molecule has 0 aromatic carbocycles. The van der Waals surface area contributed by atoms with Crippen molar-refractivity contribution in [1.82, 2.24) is 9.97 Å². The molecule has 1 aromatic rings. The number of hydrogen-bond acceptors (Lipinski definition) is 5. The Morgan fingerprint density at radius 3 is 2.50 bits per heavy atom. The van der Waals surface area contributed by atoms with Gasteiger partial charge in [-0.25, -0.2) is 9.78 Å². The second kappa shape index (κ2) is 6.20. The third-order valence-corrected chi connectivity index (χ3v) is 4.66. The fraction of sp³-hybridized carbons (Fsp3) is 0.667. The maximum absolute atomic E-state index is 11.5. The smallest absolute Gasteiger partial charge is 0.358 e. The first-order valence-electron chi connectivity index (χ1n) is 7.29. The lowest BCUT2D eigenvalue weighted by atomic mass is 9.74. The molecule has 2 heterocycles. The van der Waals surface area contributed by atoms with Crippen molar-refractivity contribution in [2.24, 2.45) is 5.41 Å². The van der Waals surface area contributed by atoms with Gasteiger partial charge in [-0.15, -0.1) is 0 Å². The van der Waals surface area contributed by atoms with E-state index in [1.54, 1.807) is 6.20 Å². The number of ether oxygens (including phenoxy) is 1. The normalized spacial score (nSPS) is 17.9. The Balaban J connectivity index is 2.09. The average molecular weight is 277 g/mol. The number of anilines is 1. The van der Waals surface area contributed by atoms with Crippen molar-refractivity contribution in [2.45, 2.75) is 39.5 Å². The standard InChI is InChI=1S/C15H23N3O2/c1-4-15(5-2)6-8-18(9-7-15)13-11-16-10-12(17-13)14(19)20-3/h10-11H,4-9H2,1-3H3. The molecule has 110 valence electrons. The molecule has 1 saturated heterocycles. The van der Waals surface area contributed by atoms with Gasteiger partial charge >= 0.3 is 5.97 Å². The van der Waals surface area contributed by atoms with Gasteiger partial charge in [-0.1, -0.05) is 26.7 Å². The summed E-state index contributed by atoms with van der Waals surface area (Å²) in [6.45, 7) is 6.50. The first-order chi connectivity index (χ1) is 9.64. The van der Waals surface area contributed by atoms with E-state index in [9.17, 15) is 4.79 Å². The molecule has 0 unspecified atom stereocenters. The number of nitrogens with zero attached hydrogens (tertiary/aromatic N) is 3. The van der Waals surface area contributed by atoms with E-state index in [1.807, 2.05) is 0 Å². The Morgan fingerprint density at radius 2 is 1.95 bits per heavy atom. The van der Waals surface area contributed by atoms with Crippen LogP contribution in [0.1, 0.15) is 50.0 Å². The summed E-state index contributed by atoms with van der Waals surface area (Å²) < 4.78 is 4.69. The highest BCUT2D eigenvalue weighted by atomic mass is 16.5. The summed E-state index contributed by atoms with van der Waals surface area (Å²) >= 11 is 0. The summed E-state index contributed by atoms with van der Waals surface area (Å²) in [6, 6.07) is 0. The van der Waals surface area contributed by atoms with Gasteiger partial charge in [0, 0.05) is 13.1 Å². The predicted octanol–water partition coefficient (Wildman–Crippen LogP) is 2.67. The van der Waals surface area contributed by atoms with Crippen LogP contribution >= 0.6 is 0 Å². The van der Waals surface area contributed by atoms with Gasteiger partial charge in [-0.3, -0.25) is 4.98 Å². The molecule has 1 aliphatic rings. The number of hydrogen-bond donors (Lipinski definition) is 0. The van der Waals surface area contributed by atoms with E-state index in [0.717, 1.165) is 18.9 Å². The van der Waals surface area contributed by atoms with Gasteiger partial charge in [0.1, 0.15) is 5.82 Å². The van der Waals surface area contributed by atoms with Crippen molar-refractivity contribution in [3.63, 3.8) is 0 Å². The fourth-order valence-corrected chi connectivity index (χ4v) is 2.88. The van der Waals surface area contributed by atoms with Gasteiger partial charge in [0.2, 0.25) is 0 Å². The number of aromatic nitrogens is 2. The number of rotatable bonds is 4. The number of methoxy groups -OCH3 is 1. The van der Waals surface area contributed by atoms with Gasteiger partial charge in [-0.2, -0.15) is 0 Å². The molecule has 0 amide bonds.